The van der Waals surface area contributed by atoms with Gasteiger partial charge in [0.05, 0.1) is 0 Å². The molecule has 31 heavy (non-hydrogen) atoms. The Morgan fingerprint density at radius 2 is 1.65 bits per heavy atom. The van der Waals surface area contributed by atoms with E-state index < -0.39 is 0 Å². The van der Waals surface area contributed by atoms with Gasteiger partial charge in [-0.1, -0.05) is 49.6 Å². The summed E-state index contributed by atoms with van der Waals surface area (Å²) in [6.07, 6.45) is 8.73. The lowest BCUT2D eigenvalue weighted by atomic mass is 9.95. The minimum Gasteiger partial charge on any atom is -0.354 e. The molecule has 2 fully saturated rings. The van der Waals surface area contributed by atoms with Crippen molar-refractivity contribution in [3.63, 3.8) is 0 Å². The van der Waals surface area contributed by atoms with Gasteiger partial charge in [0.2, 0.25) is 0 Å². The maximum absolute atomic E-state index is 4.90. The van der Waals surface area contributed by atoms with E-state index in [1.807, 2.05) is 18.5 Å². The molecule has 7 heteroatoms. The van der Waals surface area contributed by atoms with E-state index in [2.05, 4.69) is 56.1 Å². The van der Waals surface area contributed by atoms with Crippen molar-refractivity contribution in [2.45, 2.75) is 77.0 Å². The Balaban J connectivity index is 1.34. The number of likely N-dealkylation sites (tertiary alicyclic amines) is 1. The summed E-state index contributed by atoms with van der Waals surface area (Å²) in [4.78, 5) is 7.46. The third-order valence-corrected chi connectivity index (χ3v) is 6.68. The standard InChI is InChI=1S/C24H37N7/c1-19-28-29-23(30(19)2)17-25-24(26-21-11-7-4-8-12-21)27-22-13-15-31(16-14-22)18-20-9-5-3-6-10-20/h3,5-6,9-10,21-22H,4,7-8,11-18H2,1-2H3,(H2,25,26,27). The third-order valence-electron chi connectivity index (χ3n) is 6.68. The fourth-order valence-corrected chi connectivity index (χ4v) is 4.58. The van der Waals surface area contributed by atoms with E-state index in [0.29, 0.717) is 18.6 Å². The van der Waals surface area contributed by atoms with Crippen molar-refractivity contribution < 1.29 is 0 Å². The van der Waals surface area contributed by atoms with Crippen molar-refractivity contribution in [1.82, 2.24) is 30.3 Å². The highest BCUT2D eigenvalue weighted by molar-refractivity contribution is 5.80. The molecule has 1 saturated carbocycles. The number of aryl methyl sites for hydroxylation is 1. The highest BCUT2D eigenvalue weighted by atomic mass is 15.3. The van der Waals surface area contributed by atoms with E-state index in [4.69, 9.17) is 4.99 Å². The lowest BCUT2D eigenvalue weighted by molar-refractivity contribution is 0.198. The monoisotopic (exact) mass is 423 g/mol. The summed E-state index contributed by atoms with van der Waals surface area (Å²) < 4.78 is 2.02. The molecule has 0 amide bonds. The summed E-state index contributed by atoms with van der Waals surface area (Å²) in [5, 5.41) is 15.9. The second-order valence-corrected chi connectivity index (χ2v) is 9.05. The Kier molecular flexibility index (Phi) is 7.57. The molecule has 1 saturated heterocycles. The predicted molar refractivity (Wildman–Crippen MR) is 125 cm³/mol. The summed E-state index contributed by atoms with van der Waals surface area (Å²) in [5.74, 6) is 2.76. The molecule has 1 aliphatic carbocycles. The van der Waals surface area contributed by atoms with Crippen LogP contribution < -0.4 is 10.6 Å². The summed E-state index contributed by atoms with van der Waals surface area (Å²) in [6.45, 7) is 5.80. The first kappa shape index (κ1) is 21.8. The van der Waals surface area contributed by atoms with Gasteiger partial charge in [0.25, 0.3) is 0 Å². The molecule has 1 aromatic carbocycles. The third kappa shape index (κ3) is 6.29. The van der Waals surface area contributed by atoms with E-state index in [0.717, 1.165) is 50.1 Å². The van der Waals surface area contributed by atoms with Crippen LogP contribution in [0, 0.1) is 6.92 Å². The molecule has 7 nitrogen and oxygen atoms in total. The average molecular weight is 424 g/mol. The Morgan fingerprint density at radius 3 is 2.29 bits per heavy atom. The Labute approximate surface area is 186 Å². The molecule has 2 N–H and O–H groups in total. The van der Waals surface area contributed by atoms with Gasteiger partial charge in [0.15, 0.2) is 11.8 Å². The lowest BCUT2D eigenvalue weighted by Gasteiger charge is -2.34. The molecule has 2 aliphatic rings. The van der Waals surface area contributed by atoms with Gasteiger partial charge in [0, 0.05) is 38.8 Å². The molecular formula is C24H37N7. The van der Waals surface area contributed by atoms with Crippen LogP contribution in [0.5, 0.6) is 0 Å². The number of hydrogen-bond donors (Lipinski definition) is 2. The molecule has 1 aliphatic heterocycles. The van der Waals surface area contributed by atoms with Gasteiger partial charge in [-0.05, 0) is 38.2 Å². The van der Waals surface area contributed by atoms with Gasteiger partial charge >= 0.3 is 0 Å². The van der Waals surface area contributed by atoms with Crippen LogP contribution in [0.2, 0.25) is 0 Å². The van der Waals surface area contributed by atoms with E-state index in [1.165, 1.54) is 37.7 Å². The molecule has 0 bridgehead atoms. The zero-order valence-electron chi connectivity index (χ0n) is 19.1. The van der Waals surface area contributed by atoms with Gasteiger partial charge in [-0.15, -0.1) is 10.2 Å². The van der Waals surface area contributed by atoms with E-state index in [9.17, 15) is 0 Å². The minimum absolute atomic E-state index is 0.461. The Bertz CT molecular complexity index is 831. The molecule has 0 unspecified atom stereocenters. The van der Waals surface area contributed by atoms with Crippen molar-refractivity contribution in [3.8, 4) is 0 Å². The molecule has 0 atom stereocenters. The SMILES string of the molecule is Cc1nnc(CN=C(NC2CCCCC2)NC2CCN(Cc3ccccc3)CC2)n1C. The van der Waals surface area contributed by atoms with Crippen LogP contribution in [0.4, 0.5) is 0 Å². The van der Waals surface area contributed by atoms with Crippen LogP contribution in [0.3, 0.4) is 0 Å². The zero-order chi connectivity index (χ0) is 21.5. The Morgan fingerprint density at radius 1 is 0.968 bits per heavy atom. The second kappa shape index (κ2) is 10.8. The number of nitrogens with one attached hydrogen (secondary N) is 2. The van der Waals surface area contributed by atoms with Gasteiger partial charge in [-0.25, -0.2) is 4.99 Å². The quantitative estimate of drug-likeness (QED) is 0.552. The van der Waals surface area contributed by atoms with Gasteiger partial charge in [0.1, 0.15) is 12.4 Å². The normalized spacial score (nSPS) is 19.5. The van der Waals surface area contributed by atoms with Crippen LogP contribution in [0.25, 0.3) is 0 Å². The first-order valence-electron chi connectivity index (χ1n) is 11.9. The summed E-state index contributed by atoms with van der Waals surface area (Å²) >= 11 is 0. The molecule has 1 aromatic heterocycles. The molecule has 2 aromatic rings. The van der Waals surface area contributed by atoms with Crippen LogP contribution >= 0.6 is 0 Å². The van der Waals surface area contributed by atoms with Crippen molar-refractivity contribution in [1.29, 1.82) is 0 Å². The van der Waals surface area contributed by atoms with Crippen LogP contribution in [0.15, 0.2) is 35.3 Å². The maximum atomic E-state index is 4.90. The lowest BCUT2D eigenvalue weighted by Crippen LogP contribution is -2.51. The van der Waals surface area contributed by atoms with E-state index in [1.54, 1.807) is 0 Å². The molecule has 2 heterocycles. The van der Waals surface area contributed by atoms with Crippen LogP contribution in [0.1, 0.15) is 62.2 Å². The van der Waals surface area contributed by atoms with E-state index >= 15 is 0 Å². The van der Waals surface area contributed by atoms with Crippen molar-refractivity contribution in [2.75, 3.05) is 13.1 Å². The Hall–Kier alpha value is -2.41. The first-order chi connectivity index (χ1) is 15.2. The second-order valence-electron chi connectivity index (χ2n) is 9.05. The predicted octanol–water partition coefficient (Wildman–Crippen LogP) is 3.16. The van der Waals surface area contributed by atoms with Crippen molar-refractivity contribution in [3.05, 3.63) is 47.5 Å². The molecule has 0 spiro atoms. The zero-order valence-corrected chi connectivity index (χ0v) is 19.1. The summed E-state index contributed by atoms with van der Waals surface area (Å²) in [7, 11) is 2.00. The number of piperidine rings is 1. The van der Waals surface area contributed by atoms with Crippen LogP contribution in [-0.2, 0) is 20.1 Å². The topological polar surface area (TPSA) is 70.4 Å². The largest absolute Gasteiger partial charge is 0.354 e. The first-order valence-corrected chi connectivity index (χ1v) is 11.9. The van der Waals surface area contributed by atoms with Gasteiger partial charge in [-0.3, -0.25) is 4.90 Å². The fourth-order valence-electron chi connectivity index (χ4n) is 4.58. The smallest absolute Gasteiger partial charge is 0.192 e. The van der Waals surface area contributed by atoms with Crippen molar-refractivity contribution >= 4 is 5.96 Å². The molecule has 168 valence electrons. The number of nitrogens with zero attached hydrogens (tertiary/aromatic N) is 5. The van der Waals surface area contributed by atoms with Crippen LogP contribution in [-0.4, -0.2) is 50.8 Å². The number of rotatable bonds is 6. The average Bonchev–Trinajstić information content (AvgIpc) is 3.12. The number of aliphatic imine (C=N–C) groups is 1. The van der Waals surface area contributed by atoms with Gasteiger partial charge < -0.3 is 15.2 Å². The number of benzene rings is 1. The number of aromatic nitrogens is 3. The van der Waals surface area contributed by atoms with E-state index in [-0.39, 0.29) is 0 Å². The minimum atomic E-state index is 0.461. The molecule has 0 radical (unpaired) electrons. The molecular weight excluding hydrogens is 386 g/mol. The number of hydrogen-bond acceptors (Lipinski definition) is 4. The summed E-state index contributed by atoms with van der Waals surface area (Å²) in [5.41, 5.74) is 1.40. The van der Waals surface area contributed by atoms with Gasteiger partial charge in [-0.2, -0.15) is 0 Å². The molecule has 4 rings (SSSR count). The van der Waals surface area contributed by atoms with Crippen molar-refractivity contribution in [2.24, 2.45) is 12.0 Å². The highest BCUT2D eigenvalue weighted by Crippen LogP contribution is 2.18. The fraction of sp³-hybridized carbons (Fsp3) is 0.625. The highest BCUT2D eigenvalue weighted by Gasteiger charge is 2.22. The number of guanidine groups is 1. The maximum Gasteiger partial charge on any atom is 0.192 e. The summed E-state index contributed by atoms with van der Waals surface area (Å²) in [6, 6.07) is 11.8.